The zero-order valence-electron chi connectivity index (χ0n) is 24.6. The molecule has 0 aliphatic carbocycles. The SMILES string of the molecule is [C-]#[N+]c1cccc2c1C(=O)N([C@H](C(=O)N1C[C@H](O)C[C@H]1C(=O)NCc1ccc(-c3cncs3)cc1OC(C)C)C(C)C)C2. The molecule has 2 aromatic carbocycles. The minimum Gasteiger partial charge on any atom is -0.491 e. The van der Waals surface area contributed by atoms with Crippen molar-refractivity contribution in [2.45, 2.75) is 71.5 Å². The molecular weight excluding hydrogens is 566 g/mol. The molecule has 224 valence electrons. The van der Waals surface area contributed by atoms with E-state index < -0.39 is 24.1 Å². The van der Waals surface area contributed by atoms with Crippen LogP contribution in [0.3, 0.4) is 0 Å². The summed E-state index contributed by atoms with van der Waals surface area (Å²) in [6, 6.07) is 9.16. The largest absolute Gasteiger partial charge is 0.491 e. The van der Waals surface area contributed by atoms with Crippen molar-refractivity contribution in [1.29, 1.82) is 0 Å². The highest BCUT2D eigenvalue weighted by Crippen LogP contribution is 2.35. The maximum Gasteiger partial charge on any atom is 0.246 e. The van der Waals surface area contributed by atoms with E-state index in [4.69, 9.17) is 11.3 Å². The number of ether oxygens (including phenoxy) is 1. The van der Waals surface area contributed by atoms with Gasteiger partial charge in [0.2, 0.25) is 17.7 Å². The van der Waals surface area contributed by atoms with Crippen LogP contribution >= 0.6 is 11.3 Å². The number of rotatable bonds is 9. The van der Waals surface area contributed by atoms with E-state index in [-0.39, 0.29) is 55.6 Å². The van der Waals surface area contributed by atoms with Gasteiger partial charge in [-0.05, 0) is 37.0 Å². The van der Waals surface area contributed by atoms with E-state index in [0.29, 0.717) is 16.9 Å². The highest BCUT2D eigenvalue weighted by atomic mass is 32.1. The summed E-state index contributed by atoms with van der Waals surface area (Å²) in [5.41, 5.74) is 4.80. The van der Waals surface area contributed by atoms with E-state index in [1.807, 2.05) is 45.9 Å². The quantitative estimate of drug-likeness (QED) is 0.351. The van der Waals surface area contributed by atoms with Gasteiger partial charge in [-0.1, -0.05) is 44.2 Å². The third-order valence-corrected chi connectivity index (χ3v) is 8.57. The lowest BCUT2D eigenvalue weighted by Gasteiger charge is -2.35. The Bertz CT molecular complexity index is 1560. The van der Waals surface area contributed by atoms with Crippen LogP contribution in [0.25, 0.3) is 15.3 Å². The molecule has 11 heteroatoms. The lowest BCUT2D eigenvalue weighted by Crippen LogP contribution is -2.55. The van der Waals surface area contributed by atoms with Crippen LogP contribution in [0.1, 0.15) is 55.6 Å². The third-order valence-electron chi connectivity index (χ3n) is 7.75. The third kappa shape index (κ3) is 6.12. The number of thiazole rings is 1. The molecule has 3 atom stereocenters. The molecule has 3 amide bonds. The lowest BCUT2D eigenvalue weighted by atomic mass is 10.00. The Morgan fingerprint density at radius 1 is 1.23 bits per heavy atom. The molecule has 0 spiro atoms. The summed E-state index contributed by atoms with van der Waals surface area (Å²) >= 11 is 1.52. The first-order valence-corrected chi connectivity index (χ1v) is 15.2. The predicted octanol–water partition coefficient (Wildman–Crippen LogP) is 4.41. The lowest BCUT2D eigenvalue weighted by molar-refractivity contribution is -0.143. The van der Waals surface area contributed by atoms with Gasteiger partial charge in [-0.3, -0.25) is 19.4 Å². The Kier molecular flexibility index (Phi) is 8.80. The van der Waals surface area contributed by atoms with Crippen LogP contribution in [0.4, 0.5) is 5.69 Å². The van der Waals surface area contributed by atoms with E-state index in [1.165, 1.54) is 21.1 Å². The van der Waals surface area contributed by atoms with Crippen molar-refractivity contribution >= 4 is 34.7 Å². The molecule has 2 aliphatic rings. The highest BCUT2D eigenvalue weighted by Gasteiger charge is 2.46. The van der Waals surface area contributed by atoms with Crippen molar-refractivity contribution in [3.63, 3.8) is 0 Å². The fourth-order valence-corrected chi connectivity index (χ4v) is 6.43. The minimum atomic E-state index is -0.895. The van der Waals surface area contributed by atoms with Gasteiger partial charge in [0.1, 0.15) is 17.8 Å². The molecule has 2 aliphatic heterocycles. The van der Waals surface area contributed by atoms with Gasteiger partial charge < -0.3 is 25.0 Å². The normalized spacial score (nSPS) is 18.6. The molecule has 1 aromatic heterocycles. The number of amides is 3. The summed E-state index contributed by atoms with van der Waals surface area (Å²) in [4.78, 5) is 52.6. The number of hydrogen-bond donors (Lipinski definition) is 2. The van der Waals surface area contributed by atoms with Gasteiger partial charge in [-0.15, -0.1) is 11.3 Å². The Morgan fingerprint density at radius 2 is 2.02 bits per heavy atom. The number of carbonyl (C=O) groups excluding carboxylic acids is 3. The summed E-state index contributed by atoms with van der Waals surface area (Å²) < 4.78 is 6.06. The maximum absolute atomic E-state index is 14.0. The minimum absolute atomic E-state index is 0.00627. The Hall–Kier alpha value is -4.27. The molecule has 2 N–H and O–H groups in total. The van der Waals surface area contributed by atoms with E-state index in [2.05, 4.69) is 15.1 Å². The van der Waals surface area contributed by atoms with Crippen molar-refractivity contribution in [3.05, 3.63) is 76.2 Å². The number of nitrogens with zero attached hydrogens (tertiary/aromatic N) is 4. The summed E-state index contributed by atoms with van der Waals surface area (Å²) in [5, 5.41) is 13.5. The van der Waals surface area contributed by atoms with Gasteiger partial charge in [0.25, 0.3) is 0 Å². The Morgan fingerprint density at radius 3 is 2.70 bits per heavy atom. The van der Waals surface area contributed by atoms with Crippen molar-refractivity contribution < 1.29 is 24.2 Å². The van der Waals surface area contributed by atoms with Crippen LogP contribution in [-0.4, -0.2) is 68.4 Å². The molecule has 5 rings (SSSR count). The smallest absolute Gasteiger partial charge is 0.246 e. The molecule has 0 bridgehead atoms. The van der Waals surface area contributed by atoms with Gasteiger partial charge in [0.15, 0.2) is 5.69 Å². The van der Waals surface area contributed by atoms with E-state index >= 15 is 0 Å². The number of nitrogens with one attached hydrogen (secondary N) is 1. The van der Waals surface area contributed by atoms with Crippen molar-refractivity contribution in [3.8, 4) is 16.2 Å². The fourth-order valence-electron chi connectivity index (χ4n) is 5.81. The number of aliphatic hydroxyl groups excluding tert-OH is 1. The molecule has 1 fully saturated rings. The first-order valence-electron chi connectivity index (χ1n) is 14.3. The van der Waals surface area contributed by atoms with Crippen molar-refractivity contribution in [2.75, 3.05) is 6.54 Å². The van der Waals surface area contributed by atoms with E-state index in [1.54, 1.807) is 29.9 Å². The van der Waals surface area contributed by atoms with Crippen LogP contribution in [-0.2, 0) is 22.7 Å². The molecule has 1 saturated heterocycles. The predicted molar refractivity (Wildman–Crippen MR) is 162 cm³/mol. The number of β-amino-alcohol motifs (C(OH)–C–C–N with tert-alkyl or cyclic N) is 1. The van der Waals surface area contributed by atoms with Crippen molar-refractivity contribution in [2.24, 2.45) is 5.92 Å². The van der Waals surface area contributed by atoms with Crippen LogP contribution in [0.2, 0.25) is 0 Å². The first-order chi connectivity index (χ1) is 20.6. The molecule has 3 aromatic rings. The highest BCUT2D eigenvalue weighted by molar-refractivity contribution is 7.13. The summed E-state index contributed by atoms with van der Waals surface area (Å²) in [6.45, 7) is 15.4. The number of hydrogen-bond acceptors (Lipinski definition) is 7. The summed E-state index contributed by atoms with van der Waals surface area (Å²) in [6.07, 6.45) is 0.937. The van der Waals surface area contributed by atoms with Gasteiger partial charge >= 0.3 is 0 Å². The number of aliphatic hydroxyl groups is 1. The summed E-state index contributed by atoms with van der Waals surface area (Å²) in [5.74, 6) is -0.771. The van der Waals surface area contributed by atoms with Crippen LogP contribution < -0.4 is 10.1 Å². The van der Waals surface area contributed by atoms with Gasteiger partial charge in [0.05, 0.1) is 34.7 Å². The second kappa shape index (κ2) is 12.5. The zero-order chi connectivity index (χ0) is 30.8. The zero-order valence-corrected chi connectivity index (χ0v) is 25.4. The number of aromatic nitrogens is 1. The second-order valence-electron chi connectivity index (χ2n) is 11.5. The van der Waals surface area contributed by atoms with Crippen LogP contribution in [0.15, 0.2) is 48.1 Å². The standard InChI is InChI=1S/C32H35N5O5S/c1-18(2)29(37-15-22-7-6-8-24(33-5)28(22)31(37)40)32(41)36-16-23(38)12-25(36)30(39)35-13-21-10-9-20(27-14-34-17-43-27)11-26(21)42-19(3)4/h6-11,14,17-19,23,25,29,38H,12-13,15-16H2,1-4H3,(H,35,39)/t23-,25+,29+/m1/s1. The van der Waals surface area contributed by atoms with Gasteiger partial charge in [0, 0.05) is 37.8 Å². The van der Waals surface area contributed by atoms with Gasteiger partial charge in [-0.25, -0.2) is 4.85 Å². The maximum atomic E-state index is 14.0. The van der Waals surface area contributed by atoms with Crippen molar-refractivity contribution in [1.82, 2.24) is 20.1 Å². The molecule has 3 heterocycles. The molecule has 43 heavy (non-hydrogen) atoms. The molecule has 0 saturated carbocycles. The van der Waals surface area contributed by atoms with Crippen LogP contribution in [0.5, 0.6) is 5.75 Å². The first kappa shape index (κ1) is 30.2. The average Bonchev–Trinajstić information content (AvgIpc) is 3.71. The van der Waals surface area contributed by atoms with Crippen LogP contribution in [0, 0.1) is 12.5 Å². The molecule has 10 nitrogen and oxygen atoms in total. The number of fused-ring (bicyclic) bond motifs is 1. The molecular formula is C32H35N5O5S. The van der Waals surface area contributed by atoms with E-state index in [0.717, 1.165) is 16.0 Å². The monoisotopic (exact) mass is 601 g/mol. The summed E-state index contributed by atoms with van der Waals surface area (Å²) in [7, 11) is 0. The topological polar surface area (TPSA) is 116 Å². The molecule has 0 radical (unpaired) electrons. The average molecular weight is 602 g/mol. The Labute approximate surface area is 255 Å². The fraction of sp³-hybridized carbons (Fsp3) is 0.406. The molecule has 0 unspecified atom stereocenters. The second-order valence-corrected chi connectivity index (χ2v) is 12.4. The number of benzene rings is 2. The number of likely N-dealkylation sites (tertiary alicyclic amines) is 1. The number of carbonyl (C=O) groups is 3. The Balaban J connectivity index is 1.33. The van der Waals surface area contributed by atoms with E-state index in [9.17, 15) is 19.5 Å². The van der Waals surface area contributed by atoms with Gasteiger partial charge in [-0.2, -0.15) is 0 Å².